The molecule has 0 fully saturated rings. The summed E-state index contributed by atoms with van der Waals surface area (Å²) in [6, 6.07) is 3.10. The standard InChI is InChI=1S/C12H17N5O2/c1-8(2)3-10(6-14)16-12-9(5-13)4-11(7-15-12)17(18)19/h4,7-8,10H,3,6,14H2,1-2H3,(H,15,16). The number of aromatic nitrogens is 1. The Morgan fingerprint density at radius 2 is 2.32 bits per heavy atom. The average molecular weight is 263 g/mol. The van der Waals surface area contributed by atoms with Crippen LogP contribution >= 0.6 is 0 Å². The van der Waals surface area contributed by atoms with Crippen LogP contribution in [0.25, 0.3) is 0 Å². The zero-order valence-electron chi connectivity index (χ0n) is 11.0. The van der Waals surface area contributed by atoms with E-state index in [-0.39, 0.29) is 17.3 Å². The van der Waals surface area contributed by atoms with Gasteiger partial charge >= 0.3 is 0 Å². The van der Waals surface area contributed by atoms with Crippen molar-refractivity contribution in [2.45, 2.75) is 26.3 Å². The van der Waals surface area contributed by atoms with Gasteiger partial charge in [-0.25, -0.2) is 4.98 Å². The Labute approximate surface area is 111 Å². The van der Waals surface area contributed by atoms with Crippen LogP contribution < -0.4 is 11.1 Å². The van der Waals surface area contributed by atoms with Gasteiger partial charge < -0.3 is 11.1 Å². The molecule has 0 saturated heterocycles. The Bertz CT molecular complexity index is 495. The molecule has 0 aliphatic rings. The van der Waals surface area contributed by atoms with Gasteiger partial charge in [-0.15, -0.1) is 0 Å². The molecule has 0 aliphatic heterocycles. The number of anilines is 1. The summed E-state index contributed by atoms with van der Waals surface area (Å²) in [4.78, 5) is 14.0. The third-order valence-electron chi connectivity index (χ3n) is 2.59. The van der Waals surface area contributed by atoms with Crippen molar-refractivity contribution in [1.29, 1.82) is 5.26 Å². The number of nitrogens with zero attached hydrogens (tertiary/aromatic N) is 3. The van der Waals surface area contributed by atoms with Gasteiger partial charge in [-0.1, -0.05) is 13.8 Å². The molecule has 1 unspecified atom stereocenters. The molecule has 1 heterocycles. The second kappa shape index (κ2) is 6.66. The summed E-state index contributed by atoms with van der Waals surface area (Å²) >= 11 is 0. The number of nitriles is 1. The Morgan fingerprint density at radius 1 is 1.63 bits per heavy atom. The van der Waals surface area contributed by atoms with Gasteiger partial charge in [-0.05, 0) is 12.3 Å². The van der Waals surface area contributed by atoms with E-state index in [2.05, 4.69) is 24.1 Å². The molecule has 1 atom stereocenters. The first-order valence-corrected chi connectivity index (χ1v) is 5.99. The van der Waals surface area contributed by atoms with Crippen LogP contribution in [0.4, 0.5) is 11.5 Å². The van der Waals surface area contributed by atoms with Crippen molar-refractivity contribution in [3.8, 4) is 6.07 Å². The van der Waals surface area contributed by atoms with E-state index >= 15 is 0 Å². The van der Waals surface area contributed by atoms with Crippen molar-refractivity contribution < 1.29 is 4.92 Å². The van der Waals surface area contributed by atoms with E-state index in [0.29, 0.717) is 18.3 Å². The van der Waals surface area contributed by atoms with Crippen LogP contribution in [0.2, 0.25) is 0 Å². The first-order valence-electron chi connectivity index (χ1n) is 5.99. The monoisotopic (exact) mass is 263 g/mol. The summed E-state index contributed by atoms with van der Waals surface area (Å²) in [5, 5.41) is 22.7. The number of nitro groups is 1. The first-order chi connectivity index (χ1) is 8.97. The second-order valence-electron chi connectivity index (χ2n) is 4.67. The molecule has 0 radical (unpaired) electrons. The van der Waals surface area contributed by atoms with Crippen molar-refractivity contribution in [3.63, 3.8) is 0 Å². The van der Waals surface area contributed by atoms with Crippen LogP contribution in [0.1, 0.15) is 25.8 Å². The van der Waals surface area contributed by atoms with Gasteiger partial charge in [-0.3, -0.25) is 10.1 Å². The molecule has 0 aromatic carbocycles. The summed E-state index contributed by atoms with van der Waals surface area (Å²) in [5.74, 6) is 0.786. The lowest BCUT2D eigenvalue weighted by atomic mass is 10.0. The number of nitrogens with two attached hydrogens (primary N) is 1. The molecule has 102 valence electrons. The van der Waals surface area contributed by atoms with Crippen LogP contribution in [0.15, 0.2) is 12.3 Å². The number of hydrogen-bond donors (Lipinski definition) is 2. The van der Waals surface area contributed by atoms with E-state index in [1.165, 1.54) is 6.07 Å². The van der Waals surface area contributed by atoms with Crippen LogP contribution in [0, 0.1) is 27.4 Å². The zero-order valence-corrected chi connectivity index (χ0v) is 11.0. The molecule has 7 heteroatoms. The van der Waals surface area contributed by atoms with Crippen LogP contribution in [-0.4, -0.2) is 22.5 Å². The molecular formula is C12H17N5O2. The van der Waals surface area contributed by atoms with Gasteiger partial charge in [0.25, 0.3) is 5.69 Å². The molecule has 0 aliphatic carbocycles. The van der Waals surface area contributed by atoms with Gasteiger partial charge in [0, 0.05) is 18.7 Å². The fourth-order valence-corrected chi connectivity index (χ4v) is 1.73. The molecule has 7 nitrogen and oxygen atoms in total. The summed E-state index contributed by atoms with van der Waals surface area (Å²) in [6.45, 7) is 4.54. The van der Waals surface area contributed by atoms with Crippen LogP contribution in [0.3, 0.4) is 0 Å². The smallest absolute Gasteiger partial charge is 0.289 e. The highest BCUT2D eigenvalue weighted by molar-refractivity contribution is 5.56. The topological polar surface area (TPSA) is 118 Å². The summed E-state index contributed by atoms with van der Waals surface area (Å²) in [7, 11) is 0. The first kappa shape index (κ1) is 14.9. The molecule has 3 N–H and O–H groups in total. The number of pyridine rings is 1. The highest BCUT2D eigenvalue weighted by Gasteiger charge is 2.15. The lowest BCUT2D eigenvalue weighted by Crippen LogP contribution is -2.31. The second-order valence-corrected chi connectivity index (χ2v) is 4.67. The largest absolute Gasteiger partial charge is 0.365 e. The summed E-state index contributed by atoms with van der Waals surface area (Å²) < 4.78 is 0. The van der Waals surface area contributed by atoms with Crippen molar-refractivity contribution in [2.24, 2.45) is 11.7 Å². The fraction of sp³-hybridized carbons (Fsp3) is 0.500. The maximum Gasteiger partial charge on any atom is 0.289 e. The third kappa shape index (κ3) is 4.19. The normalized spacial score (nSPS) is 11.9. The Morgan fingerprint density at radius 3 is 2.79 bits per heavy atom. The molecular weight excluding hydrogens is 246 g/mol. The average Bonchev–Trinajstić information content (AvgIpc) is 2.37. The molecule has 0 spiro atoms. The lowest BCUT2D eigenvalue weighted by Gasteiger charge is -2.19. The molecule has 0 amide bonds. The molecule has 19 heavy (non-hydrogen) atoms. The van der Waals surface area contributed by atoms with E-state index in [4.69, 9.17) is 11.0 Å². The van der Waals surface area contributed by atoms with E-state index in [1.54, 1.807) is 0 Å². The Kier molecular flexibility index (Phi) is 5.21. The van der Waals surface area contributed by atoms with Crippen LogP contribution in [0.5, 0.6) is 0 Å². The zero-order chi connectivity index (χ0) is 14.4. The minimum absolute atomic E-state index is 0.0129. The van der Waals surface area contributed by atoms with Gasteiger partial charge in [0.05, 0.1) is 4.92 Å². The summed E-state index contributed by atoms with van der Waals surface area (Å²) in [5.41, 5.74) is 5.61. The van der Waals surface area contributed by atoms with Gasteiger partial charge in [0.1, 0.15) is 23.6 Å². The summed E-state index contributed by atoms with van der Waals surface area (Å²) in [6.07, 6.45) is 1.96. The maximum atomic E-state index is 10.6. The highest BCUT2D eigenvalue weighted by Crippen LogP contribution is 2.19. The van der Waals surface area contributed by atoms with E-state index in [1.807, 2.05) is 6.07 Å². The molecule has 1 aromatic heterocycles. The van der Waals surface area contributed by atoms with Gasteiger partial charge in [0.2, 0.25) is 0 Å². The van der Waals surface area contributed by atoms with Crippen molar-refractivity contribution in [1.82, 2.24) is 4.98 Å². The number of rotatable bonds is 6. The number of nitrogens with one attached hydrogen (secondary N) is 1. The van der Waals surface area contributed by atoms with Crippen LogP contribution in [-0.2, 0) is 0 Å². The van der Waals surface area contributed by atoms with Crippen molar-refractivity contribution in [3.05, 3.63) is 27.9 Å². The minimum Gasteiger partial charge on any atom is -0.365 e. The SMILES string of the molecule is CC(C)CC(CN)Nc1ncc([N+](=O)[O-])cc1C#N. The van der Waals surface area contributed by atoms with Crippen molar-refractivity contribution >= 4 is 11.5 Å². The predicted molar refractivity (Wildman–Crippen MR) is 71.5 cm³/mol. The quantitative estimate of drug-likeness (QED) is 0.595. The lowest BCUT2D eigenvalue weighted by molar-refractivity contribution is -0.385. The number of hydrogen-bond acceptors (Lipinski definition) is 6. The third-order valence-corrected chi connectivity index (χ3v) is 2.59. The Hall–Kier alpha value is -2.20. The highest BCUT2D eigenvalue weighted by atomic mass is 16.6. The van der Waals surface area contributed by atoms with E-state index in [9.17, 15) is 10.1 Å². The predicted octanol–water partition coefficient (Wildman–Crippen LogP) is 1.65. The van der Waals surface area contributed by atoms with Gasteiger partial charge in [0.15, 0.2) is 0 Å². The molecule has 1 aromatic rings. The van der Waals surface area contributed by atoms with E-state index < -0.39 is 4.92 Å². The Balaban J connectivity index is 2.94. The minimum atomic E-state index is -0.577. The molecule has 0 bridgehead atoms. The van der Waals surface area contributed by atoms with E-state index in [0.717, 1.165) is 12.6 Å². The maximum absolute atomic E-state index is 10.6. The molecule has 0 saturated carbocycles. The van der Waals surface area contributed by atoms with Gasteiger partial charge in [-0.2, -0.15) is 5.26 Å². The van der Waals surface area contributed by atoms with Crippen molar-refractivity contribution in [2.75, 3.05) is 11.9 Å². The fourth-order valence-electron chi connectivity index (χ4n) is 1.73. The molecule has 1 rings (SSSR count).